The Morgan fingerprint density at radius 3 is 2.48 bits per heavy atom. The quantitative estimate of drug-likeness (QED) is 0.788. The Hall–Kier alpha value is -1.97. The van der Waals surface area contributed by atoms with E-state index in [1.807, 2.05) is 35.0 Å². The molecular weight excluding hydrogens is 314 g/mol. The molecule has 1 saturated heterocycles. The van der Waals surface area contributed by atoms with Crippen LogP contribution in [0.5, 0.6) is 0 Å². The number of hydrogen-bond acceptors (Lipinski definition) is 5. The molecule has 1 aliphatic rings. The molecule has 0 unspecified atom stereocenters. The van der Waals surface area contributed by atoms with Gasteiger partial charge in [0.1, 0.15) is 6.04 Å². The molecule has 0 radical (unpaired) electrons. The molecule has 1 fully saturated rings. The molecular formula is C19H29N5O. The van der Waals surface area contributed by atoms with Gasteiger partial charge in [0.2, 0.25) is 5.91 Å². The monoisotopic (exact) mass is 343 g/mol. The molecule has 2 heterocycles. The minimum atomic E-state index is -0.0656. The third-order valence-corrected chi connectivity index (χ3v) is 4.99. The summed E-state index contributed by atoms with van der Waals surface area (Å²) in [6.45, 7) is 9.49. The van der Waals surface area contributed by atoms with E-state index in [-0.39, 0.29) is 18.0 Å². The maximum Gasteiger partial charge on any atom is 0.236 e. The first-order chi connectivity index (χ1) is 11.9. The molecule has 1 aromatic rings. The first-order valence-electron chi connectivity index (χ1n) is 8.96. The van der Waals surface area contributed by atoms with E-state index in [2.05, 4.69) is 36.7 Å². The number of carbonyl (C=O) groups is 1. The Morgan fingerprint density at radius 2 is 1.96 bits per heavy atom. The summed E-state index contributed by atoms with van der Waals surface area (Å²) in [5, 5.41) is 9.33. The fraction of sp³-hybridized carbons (Fsp3) is 0.632. The first kappa shape index (κ1) is 19.4. The largest absolute Gasteiger partial charge is 0.339 e. The molecule has 1 aliphatic heterocycles. The van der Waals surface area contributed by atoms with Gasteiger partial charge in [-0.1, -0.05) is 19.9 Å². The van der Waals surface area contributed by atoms with Crippen LogP contribution in [0.4, 0.5) is 0 Å². The van der Waals surface area contributed by atoms with Gasteiger partial charge in [0.25, 0.3) is 0 Å². The highest BCUT2D eigenvalue weighted by Crippen LogP contribution is 2.17. The Balaban J connectivity index is 1.85. The van der Waals surface area contributed by atoms with Gasteiger partial charge in [-0.15, -0.1) is 0 Å². The second kappa shape index (κ2) is 8.93. The minimum absolute atomic E-state index is 0.0656. The van der Waals surface area contributed by atoms with Crippen LogP contribution in [0.3, 0.4) is 0 Å². The Bertz CT molecular complexity index is 590. The van der Waals surface area contributed by atoms with Gasteiger partial charge >= 0.3 is 0 Å². The second-order valence-electron chi connectivity index (χ2n) is 7.08. The van der Waals surface area contributed by atoms with Crippen molar-refractivity contribution in [2.45, 2.75) is 32.9 Å². The smallest absolute Gasteiger partial charge is 0.236 e. The molecule has 0 spiro atoms. The molecule has 0 bridgehead atoms. The second-order valence-corrected chi connectivity index (χ2v) is 7.08. The summed E-state index contributed by atoms with van der Waals surface area (Å²) in [5.74, 6) is 0.445. The summed E-state index contributed by atoms with van der Waals surface area (Å²) in [6, 6.07) is 8.26. The van der Waals surface area contributed by atoms with Crippen LogP contribution in [0.15, 0.2) is 24.4 Å². The van der Waals surface area contributed by atoms with Crippen LogP contribution in [0.25, 0.3) is 0 Å². The SMILES string of the molecule is CC(C)[C@H](C#N)N1CCN(C(=O)CN(C)[C@@H](C)c2ccccn2)CC1. The summed E-state index contributed by atoms with van der Waals surface area (Å²) >= 11 is 0. The third kappa shape index (κ3) is 5.00. The van der Waals surface area contributed by atoms with Gasteiger partial charge in [-0.2, -0.15) is 5.26 Å². The molecule has 0 saturated carbocycles. The maximum atomic E-state index is 12.6. The molecule has 2 atom stereocenters. The van der Waals surface area contributed by atoms with E-state index in [1.165, 1.54) is 0 Å². The number of nitriles is 1. The standard InChI is InChI=1S/C19H29N5O/c1-15(2)18(13-20)23-9-11-24(12-10-23)19(25)14-22(4)16(3)17-7-5-6-8-21-17/h5-8,15-16,18H,9-12,14H2,1-4H3/t16-,18-/m0/s1. The number of amides is 1. The van der Waals surface area contributed by atoms with Crippen molar-refractivity contribution < 1.29 is 4.79 Å². The lowest BCUT2D eigenvalue weighted by atomic mass is 10.0. The summed E-state index contributed by atoms with van der Waals surface area (Å²) in [4.78, 5) is 23.1. The van der Waals surface area contributed by atoms with Crippen LogP contribution in [-0.4, -0.2) is 71.4 Å². The molecule has 0 aromatic carbocycles. The average molecular weight is 343 g/mol. The van der Waals surface area contributed by atoms with Crippen molar-refractivity contribution in [2.75, 3.05) is 39.8 Å². The first-order valence-corrected chi connectivity index (χ1v) is 8.96. The number of nitrogens with zero attached hydrogens (tertiary/aromatic N) is 5. The lowest BCUT2D eigenvalue weighted by molar-refractivity contribution is -0.134. The topological polar surface area (TPSA) is 63.5 Å². The van der Waals surface area contributed by atoms with Gasteiger partial charge in [-0.05, 0) is 32.0 Å². The van der Waals surface area contributed by atoms with Crippen molar-refractivity contribution in [2.24, 2.45) is 5.92 Å². The zero-order valence-electron chi connectivity index (χ0n) is 15.7. The van der Waals surface area contributed by atoms with E-state index in [4.69, 9.17) is 0 Å². The lowest BCUT2D eigenvalue weighted by Crippen LogP contribution is -2.54. The van der Waals surface area contributed by atoms with Crippen molar-refractivity contribution in [3.63, 3.8) is 0 Å². The molecule has 0 N–H and O–H groups in total. The number of carbonyl (C=O) groups excluding carboxylic acids is 1. The molecule has 1 amide bonds. The van der Waals surface area contributed by atoms with Crippen LogP contribution < -0.4 is 0 Å². The van der Waals surface area contributed by atoms with Crippen molar-refractivity contribution >= 4 is 5.91 Å². The van der Waals surface area contributed by atoms with Crippen LogP contribution in [0.1, 0.15) is 32.5 Å². The van der Waals surface area contributed by atoms with Gasteiger partial charge in [-0.3, -0.25) is 19.6 Å². The molecule has 6 heteroatoms. The van der Waals surface area contributed by atoms with E-state index >= 15 is 0 Å². The molecule has 6 nitrogen and oxygen atoms in total. The van der Waals surface area contributed by atoms with Crippen LogP contribution >= 0.6 is 0 Å². The van der Waals surface area contributed by atoms with Gasteiger partial charge in [-0.25, -0.2) is 0 Å². The van der Waals surface area contributed by atoms with Gasteiger partial charge in [0.05, 0.1) is 18.3 Å². The lowest BCUT2D eigenvalue weighted by Gasteiger charge is -2.38. The Labute approximate surface area is 151 Å². The normalized spacial score (nSPS) is 18.2. The zero-order chi connectivity index (χ0) is 18.4. The van der Waals surface area contributed by atoms with E-state index in [9.17, 15) is 10.1 Å². The van der Waals surface area contributed by atoms with Crippen molar-refractivity contribution in [1.29, 1.82) is 5.26 Å². The van der Waals surface area contributed by atoms with Crippen molar-refractivity contribution in [3.8, 4) is 6.07 Å². The summed E-state index contributed by atoms with van der Waals surface area (Å²) in [6.07, 6.45) is 1.78. The number of rotatable bonds is 6. The average Bonchev–Trinajstić information content (AvgIpc) is 2.62. The summed E-state index contributed by atoms with van der Waals surface area (Å²) in [7, 11) is 1.96. The van der Waals surface area contributed by atoms with Gasteiger partial charge in [0.15, 0.2) is 0 Å². The number of hydrogen-bond donors (Lipinski definition) is 0. The van der Waals surface area contributed by atoms with E-state index in [1.54, 1.807) is 6.20 Å². The highest BCUT2D eigenvalue weighted by molar-refractivity contribution is 5.78. The minimum Gasteiger partial charge on any atom is -0.339 e. The Morgan fingerprint density at radius 1 is 1.28 bits per heavy atom. The number of likely N-dealkylation sites (N-methyl/N-ethyl adjacent to an activating group) is 1. The fourth-order valence-corrected chi connectivity index (χ4v) is 3.20. The van der Waals surface area contributed by atoms with Crippen molar-refractivity contribution in [1.82, 2.24) is 19.7 Å². The molecule has 0 aliphatic carbocycles. The highest BCUT2D eigenvalue weighted by atomic mass is 16.2. The predicted octanol–water partition coefficient (Wildman–Crippen LogP) is 1.77. The molecule has 1 aromatic heterocycles. The summed E-state index contributed by atoms with van der Waals surface area (Å²) in [5.41, 5.74) is 0.969. The number of piperazine rings is 1. The van der Waals surface area contributed by atoms with Crippen LogP contribution in [-0.2, 0) is 4.79 Å². The number of pyridine rings is 1. The third-order valence-electron chi connectivity index (χ3n) is 4.99. The number of aromatic nitrogens is 1. The zero-order valence-corrected chi connectivity index (χ0v) is 15.7. The molecule has 2 rings (SSSR count). The van der Waals surface area contributed by atoms with E-state index < -0.39 is 0 Å². The summed E-state index contributed by atoms with van der Waals surface area (Å²) < 4.78 is 0. The maximum absolute atomic E-state index is 12.6. The Kier molecular flexibility index (Phi) is 6.91. The highest BCUT2D eigenvalue weighted by Gasteiger charge is 2.28. The van der Waals surface area contributed by atoms with E-state index in [0.29, 0.717) is 25.6 Å². The van der Waals surface area contributed by atoms with Gasteiger partial charge in [0, 0.05) is 38.4 Å². The molecule has 136 valence electrons. The van der Waals surface area contributed by atoms with Crippen LogP contribution in [0.2, 0.25) is 0 Å². The van der Waals surface area contributed by atoms with Gasteiger partial charge < -0.3 is 4.90 Å². The molecule has 25 heavy (non-hydrogen) atoms. The predicted molar refractivity (Wildman–Crippen MR) is 97.7 cm³/mol. The van der Waals surface area contributed by atoms with Crippen LogP contribution in [0, 0.1) is 17.2 Å². The van der Waals surface area contributed by atoms with E-state index in [0.717, 1.165) is 18.8 Å². The fourth-order valence-electron chi connectivity index (χ4n) is 3.20. The van der Waals surface area contributed by atoms with Crippen molar-refractivity contribution in [3.05, 3.63) is 30.1 Å².